The van der Waals surface area contributed by atoms with Crippen LogP contribution in [0.5, 0.6) is 0 Å². The number of carbonyl (C=O) groups excluding carboxylic acids is 1. The third-order valence-electron chi connectivity index (χ3n) is 1.29. The Morgan fingerprint density at radius 1 is 1.25 bits per heavy atom. The van der Waals surface area contributed by atoms with E-state index in [1.54, 1.807) is 0 Å². The second-order valence-electron chi connectivity index (χ2n) is 2.20. The molecular formula is C9H6F2O. The van der Waals surface area contributed by atoms with E-state index in [0.29, 0.717) is 5.56 Å². The maximum Gasteiger partial charge on any atom is 0.178 e. The Kier molecular flexibility index (Phi) is 2.69. The van der Waals surface area contributed by atoms with Crippen molar-refractivity contribution < 1.29 is 13.6 Å². The first-order valence-electron chi connectivity index (χ1n) is 3.30. The smallest absolute Gasteiger partial charge is 0.178 e. The number of rotatable bonds is 2. The minimum atomic E-state index is -0.874. The van der Waals surface area contributed by atoms with Gasteiger partial charge in [-0.1, -0.05) is 12.1 Å². The minimum Gasteiger partial charge on any atom is -0.295 e. The third-order valence-corrected chi connectivity index (χ3v) is 1.29. The molecule has 1 aromatic rings. The van der Waals surface area contributed by atoms with Crippen molar-refractivity contribution in [1.82, 2.24) is 0 Å². The molecule has 0 aromatic heterocycles. The Bertz CT molecular complexity index is 301. The van der Waals surface area contributed by atoms with Gasteiger partial charge in [-0.2, -0.15) is 0 Å². The fourth-order valence-corrected chi connectivity index (χ4v) is 0.752. The van der Waals surface area contributed by atoms with Crippen LogP contribution in [0.15, 0.2) is 30.1 Å². The van der Waals surface area contributed by atoms with E-state index in [2.05, 4.69) is 0 Å². The van der Waals surface area contributed by atoms with Gasteiger partial charge in [-0.3, -0.25) is 4.79 Å². The van der Waals surface area contributed by atoms with Crippen LogP contribution in [0.2, 0.25) is 0 Å². The van der Waals surface area contributed by atoms with Gasteiger partial charge >= 0.3 is 0 Å². The van der Waals surface area contributed by atoms with Gasteiger partial charge in [0.25, 0.3) is 0 Å². The summed E-state index contributed by atoms with van der Waals surface area (Å²) in [6.07, 6.45) is 1.13. The number of carbonyl (C=O) groups is 1. The van der Waals surface area contributed by atoms with Crippen LogP contribution in [0.3, 0.4) is 0 Å². The normalized spacial score (nSPS) is 11.3. The zero-order valence-electron chi connectivity index (χ0n) is 6.13. The number of hydrogen-bond acceptors (Lipinski definition) is 1. The monoisotopic (exact) mass is 168 g/mol. The first-order valence-corrected chi connectivity index (χ1v) is 3.30. The summed E-state index contributed by atoms with van der Waals surface area (Å²) in [7, 11) is 0. The standard InChI is InChI=1S/C9H6F2O/c10-8-3-1-7(2-4-8)5-9(11)6-12/h1-6H/b9-5-. The summed E-state index contributed by atoms with van der Waals surface area (Å²) in [5.74, 6) is -1.26. The van der Waals surface area contributed by atoms with E-state index in [9.17, 15) is 13.6 Å². The van der Waals surface area contributed by atoms with E-state index < -0.39 is 11.6 Å². The summed E-state index contributed by atoms with van der Waals surface area (Å²) in [5.41, 5.74) is 0.459. The molecule has 1 aromatic carbocycles. The maximum absolute atomic E-state index is 12.3. The molecule has 0 unspecified atom stereocenters. The molecular weight excluding hydrogens is 162 g/mol. The van der Waals surface area contributed by atoms with Gasteiger partial charge in [0, 0.05) is 0 Å². The largest absolute Gasteiger partial charge is 0.295 e. The molecule has 12 heavy (non-hydrogen) atoms. The number of benzene rings is 1. The molecule has 0 atom stereocenters. The van der Waals surface area contributed by atoms with Crippen molar-refractivity contribution in [2.75, 3.05) is 0 Å². The molecule has 0 spiro atoms. The van der Waals surface area contributed by atoms with E-state index in [-0.39, 0.29) is 6.29 Å². The Balaban J connectivity index is 2.91. The van der Waals surface area contributed by atoms with Gasteiger partial charge in [0.2, 0.25) is 0 Å². The average molecular weight is 168 g/mol. The highest BCUT2D eigenvalue weighted by atomic mass is 19.1. The molecule has 0 heterocycles. The molecule has 0 amide bonds. The molecule has 0 N–H and O–H groups in total. The lowest BCUT2D eigenvalue weighted by Gasteiger charge is -1.91. The summed E-state index contributed by atoms with van der Waals surface area (Å²) in [6.45, 7) is 0. The molecule has 0 fully saturated rings. The number of halogens is 2. The molecule has 0 radical (unpaired) electrons. The Morgan fingerprint density at radius 3 is 2.33 bits per heavy atom. The van der Waals surface area contributed by atoms with E-state index in [1.165, 1.54) is 24.3 Å². The second kappa shape index (κ2) is 3.76. The highest BCUT2D eigenvalue weighted by Crippen LogP contribution is 2.07. The zero-order chi connectivity index (χ0) is 8.97. The van der Waals surface area contributed by atoms with Gasteiger partial charge in [-0.05, 0) is 23.8 Å². The van der Waals surface area contributed by atoms with Crippen molar-refractivity contribution in [3.8, 4) is 0 Å². The van der Waals surface area contributed by atoms with Crippen molar-refractivity contribution in [2.24, 2.45) is 0 Å². The fraction of sp³-hybridized carbons (Fsp3) is 0. The van der Waals surface area contributed by atoms with Crippen LogP contribution < -0.4 is 0 Å². The average Bonchev–Trinajstić information content (AvgIpc) is 2.09. The Morgan fingerprint density at radius 2 is 1.83 bits per heavy atom. The first kappa shape index (κ1) is 8.59. The Hall–Kier alpha value is -1.51. The van der Waals surface area contributed by atoms with E-state index in [4.69, 9.17) is 0 Å². The molecule has 1 rings (SSSR count). The molecule has 0 bridgehead atoms. The van der Waals surface area contributed by atoms with Crippen LogP contribution in [0.25, 0.3) is 6.08 Å². The van der Waals surface area contributed by atoms with Gasteiger partial charge in [-0.15, -0.1) is 0 Å². The molecule has 1 nitrogen and oxygen atoms in total. The topological polar surface area (TPSA) is 17.1 Å². The predicted molar refractivity (Wildman–Crippen MR) is 41.5 cm³/mol. The van der Waals surface area contributed by atoms with Crippen LogP contribution in [0.1, 0.15) is 5.56 Å². The van der Waals surface area contributed by atoms with Crippen molar-refractivity contribution in [3.05, 3.63) is 41.5 Å². The Labute approximate surface area is 68.3 Å². The van der Waals surface area contributed by atoms with Gasteiger partial charge in [0.1, 0.15) is 5.82 Å². The summed E-state index contributed by atoms with van der Waals surface area (Å²) in [6, 6.07) is 5.17. The molecule has 0 aliphatic heterocycles. The predicted octanol–water partition coefficient (Wildman–Crippen LogP) is 2.33. The fourth-order valence-electron chi connectivity index (χ4n) is 0.752. The van der Waals surface area contributed by atoms with Gasteiger partial charge < -0.3 is 0 Å². The first-order chi connectivity index (χ1) is 5.72. The van der Waals surface area contributed by atoms with Crippen LogP contribution in [-0.2, 0) is 4.79 Å². The zero-order valence-corrected chi connectivity index (χ0v) is 6.13. The molecule has 62 valence electrons. The lowest BCUT2D eigenvalue weighted by molar-refractivity contribution is -0.106. The van der Waals surface area contributed by atoms with Gasteiger partial charge in [0.15, 0.2) is 12.1 Å². The van der Waals surface area contributed by atoms with E-state index in [1.807, 2.05) is 0 Å². The second-order valence-corrected chi connectivity index (χ2v) is 2.20. The molecule has 0 aliphatic carbocycles. The molecule has 0 saturated carbocycles. The molecule has 0 aliphatic rings. The van der Waals surface area contributed by atoms with Crippen molar-refractivity contribution in [2.45, 2.75) is 0 Å². The van der Waals surface area contributed by atoms with E-state index in [0.717, 1.165) is 6.08 Å². The lowest BCUT2D eigenvalue weighted by Crippen LogP contribution is -1.77. The number of aldehydes is 1. The highest BCUT2D eigenvalue weighted by molar-refractivity contribution is 5.78. The quantitative estimate of drug-likeness (QED) is 0.489. The molecule has 0 saturated heterocycles. The third kappa shape index (κ3) is 2.27. The minimum absolute atomic E-state index is 0.101. The summed E-state index contributed by atoms with van der Waals surface area (Å²) >= 11 is 0. The van der Waals surface area contributed by atoms with Gasteiger partial charge in [-0.25, -0.2) is 8.78 Å². The van der Waals surface area contributed by atoms with Crippen molar-refractivity contribution in [1.29, 1.82) is 0 Å². The highest BCUT2D eigenvalue weighted by Gasteiger charge is 1.93. The SMILES string of the molecule is O=C/C(F)=C/c1ccc(F)cc1. The number of hydrogen-bond donors (Lipinski definition) is 0. The van der Waals surface area contributed by atoms with Crippen molar-refractivity contribution in [3.63, 3.8) is 0 Å². The van der Waals surface area contributed by atoms with Crippen LogP contribution >= 0.6 is 0 Å². The van der Waals surface area contributed by atoms with Crippen LogP contribution in [-0.4, -0.2) is 6.29 Å². The summed E-state index contributed by atoms with van der Waals surface area (Å²) < 4.78 is 24.6. The van der Waals surface area contributed by atoms with Gasteiger partial charge in [0.05, 0.1) is 0 Å². The lowest BCUT2D eigenvalue weighted by atomic mass is 10.2. The van der Waals surface area contributed by atoms with Crippen molar-refractivity contribution >= 4 is 12.4 Å². The summed E-state index contributed by atoms with van der Waals surface area (Å²) in [5, 5.41) is 0. The van der Waals surface area contributed by atoms with Crippen LogP contribution in [0, 0.1) is 5.82 Å². The van der Waals surface area contributed by atoms with Crippen LogP contribution in [0.4, 0.5) is 8.78 Å². The number of allylic oxidation sites excluding steroid dienone is 1. The maximum atomic E-state index is 12.3. The molecule has 3 heteroatoms. The van der Waals surface area contributed by atoms with E-state index >= 15 is 0 Å². The summed E-state index contributed by atoms with van der Waals surface area (Å²) in [4.78, 5) is 9.86.